The Bertz CT molecular complexity index is 475. The van der Waals surface area contributed by atoms with Crippen LogP contribution < -0.4 is 4.90 Å². The molecule has 4 nitrogen and oxygen atoms in total. The van der Waals surface area contributed by atoms with Gasteiger partial charge in [-0.2, -0.15) is 4.98 Å². The molecule has 2 aromatic rings. The lowest BCUT2D eigenvalue weighted by atomic mass is 10.4. The van der Waals surface area contributed by atoms with E-state index < -0.39 is 0 Å². The van der Waals surface area contributed by atoms with Gasteiger partial charge < -0.3 is 9.47 Å². The van der Waals surface area contributed by atoms with E-state index in [4.69, 9.17) is 11.6 Å². The smallest absolute Gasteiger partial charge is 0.226 e. The molecule has 0 saturated carbocycles. The predicted molar refractivity (Wildman–Crippen MR) is 57.8 cm³/mol. The molecule has 2 heterocycles. The van der Waals surface area contributed by atoms with E-state index >= 15 is 0 Å². The number of hydrogen-bond acceptors (Lipinski definition) is 3. The quantitative estimate of drug-likeness (QED) is 0.672. The highest BCUT2D eigenvalue weighted by Crippen LogP contribution is 2.22. The van der Waals surface area contributed by atoms with Crippen molar-refractivity contribution < 1.29 is 0 Å². The van der Waals surface area contributed by atoms with Gasteiger partial charge in [0.05, 0.1) is 5.52 Å². The zero-order valence-corrected chi connectivity index (χ0v) is 9.08. The van der Waals surface area contributed by atoms with Crippen LogP contribution in [0.4, 0.5) is 5.95 Å². The van der Waals surface area contributed by atoms with Crippen molar-refractivity contribution in [3.05, 3.63) is 17.4 Å². The molecule has 14 heavy (non-hydrogen) atoms. The normalized spacial score (nSPS) is 10.9. The molecule has 2 rings (SSSR count). The summed E-state index contributed by atoms with van der Waals surface area (Å²) in [6, 6.07) is 1.93. The molecule has 0 N–H and O–H groups in total. The van der Waals surface area contributed by atoms with E-state index in [-0.39, 0.29) is 0 Å². The Hall–Kier alpha value is -1.29. The molecule has 0 aliphatic carbocycles. The highest BCUT2D eigenvalue weighted by atomic mass is 35.5. The monoisotopic (exact) mass is 210 g/mol. The first-order valence-corrected chi connectivity index (χ1v) is 4.63. The Morgan fingerprint density at radius 1 is 1.36 bits per heavy atom. The van der Waals surface area contributed by atoms with Crippen LogP contribution >= 0.6 is 11.6 Å². The first kappa shape index (κ1) is 9.27. The van der Waals surface area contributed by atoms with Crippen molar-refractivity contribution in [2.45, 2.75) is 0 Å². The highest BCUT2D eigenvalue weighted by molar-refractivity contribution is 6.33. The van der Waals surface area contributed by atoms with Gasteiger partial charge in [-0.05, 0) is 6.07 Å². The number of halogens is 1. The lowest BCUT2D eigenvalue weighted by molar-refractivity contribution is 0.955. The highest BCUT2D eigenvalue weighted by Gasteiger charge is 2.09. The Labute approximate surface area is 87.1 Å². The van der Waals surface area contributed by atoms with Gasteiger partial charge in [0.15, 0.2) is 5.15 Å². The number of aromatic nitrogens is 3. The molecule has 0 aliphatic heterocycles. The van der Waals surface area contributed by atoms with Gasteiger partial charge in [0, 0.05) is 27.3 Å². The molecule has 0 aliphatic rings. The SMILES string of the molecule is CN(C)c1nc(Cl)c2c(ccn2C)n1. The van der Waals surface area contributed by atoms with Crippen molar-refractivity contribution in [2.24, 2.45) is 7.05 Å². The second kappa shape index (κ2) is 3.13. The van der Waals surface area contributed by atoms with Crippen LogP contribution in [0.15, 0.2) is 12.3 Å². The summed E-state index contributed by atoms with van der Waals surface area (Å²) < 4.78 is 1.91. The molecule has 0 spiro atoms. The van der Waals surface area contributed by atoms with Gasteiger partial charge >= 0.3 is 0 Å². The minimum Gasteiger partial charge on any atom is -0.347 e. The number of anilines is 1. The number of hydrogen-bond donors (Lipinski definition) is 0. The fourth-order valence-corrected chi connectivity index (χ4v) is 1.64. The number of nitrogens with zero attached hydrogens (tertiary/aromatic N) is 4. The summed E-state index contributed by atoms with van der Waals surface area (Å²) >= 11 is 6.05. The van der Waals surface area contributed by atoms with Crippen molar-refractivity contribution in [2.75, 3.05) is 19.0 Å². The van der Waals surface area contributed by atoms with Crippen molar-refractivity contribution in [3.8, 4) is 0 Å². The van der Waals surface area contributed by atoms with E-state index in [1.807, 2.05) is 42.9 Å². The van der Waals surface area contributed by atoms with Crippen LogP contribution in [0.3, 0.4) is 0 Å². The third kappa shape index (κ3) is 1.32. The Kier molecular flexibility index (Phi) is 2.07. The van der Waals surface area contributed by atoms with Gasteiger partial charge in [-0.15, -0.1) is 0 Å². The minimum atomic E-state index is 0.492. The maximum absolute atomic E-state index is 6.05. The Morgan fingerprint density at radius 3 is 2.71 bits per heavy atom. The van der Waals surface area contributed by atoms with E-state index in [1.165, 1.54) is 0 Å². The lowest BCUT2D eigenvalue weighted by Gasteiger charge is -2.10. The van der Waals surface area contributed by atoms with Crippen molar-refractivity contribution >= 4 is 28.6 Å². The molecule has 0 amide bonds. The predicted octanol–water partition coefficient (Wildman–Crippen LogP) is 1.69. The summed E-state index contributed by atoms with van der Waals surface area (Å²) in [7, 11) is 5.70. The van der Waals surface area contributed by atoms with E-state index in [1.54, 1.807) is 0 Å². The standard InChI is InChI=1S/C9H11ClN4/c1-13(2)9-11-6-4-5-14(3)7(6)8(10)12-9/h4-5H,1-3H3. The van der Waals surface area contributed by atoms with Gasteiger partial charge in [0.2, 0.25) is 5.95 Å². The van der Waals surface area contributed by atoms with Crippen LogP contribution in [-0.4, -0.2) is 28.6 Å². The molecule has 5 heteroatoms. The third-order valence-corrected chi connectivity index (χ3v) is 2.33. The largest absolute Gasteiger partial charge is 0.347 e. The summed E-state index contributed by atoms with van der Waals surface area (Å²) in [5.74, 6) is 0.633. The fraction of sp³-hybridized carbons (Fsp3) is 0.333. The van der Waals surface area contributed by atoms with Gasteiger partial charge in [-0.3, -0.25) is 0 Å². The van der Waals surface area contributed by atoms with E-state index in [0.29, 0.717) is 11.1 Å². The molecule has 0 fully saturated rings. The molecule has 0 aromatic carbocycles. The summed E-state index contributed by atoms with van der Waals surface area (Å²) in [6.45, 7) is 0. The zero-order valence-electron chi connectivity index (χ0n) is 8.32. The van der Waals surface area contributed by atoms with Crippen molar-refractivity contribution in [1.29, 1.82) is 0 Å². The van der Waals surface area contributed by atoms with Crippen LogP contribution in [-0.2, 0) is 7.05 Å². The summed E-state index contributed by atoms with van der Waals surface area (Å²) in [6.07, 6.45) is 1.92. The van der Waals surface area contributed by atoms with Gasteiger partial charge in [-0.25, -0.2) is 4.98 Å². The van der Waals surface area contributed by atoms with Crippen LogP contribution in [0.25, 0.3) is 11.0 Å². The van der Waals surface area contributed by atoms with Gasteiger partial charge in [0.25, 0.3) is 0 Å². The average Bonchev–Trinajstić information content (AvgIpc) is 2.48. The molecule has 0 bridgehead atoms. The van der Waals surface area contributed by atoms with Crippen molar-refractivity contribution in [1.82, 2.24) is 14.5 Å². The molecular formula is C9H11ClN4. The molecule has 74 valence electrons. The van der Waals surface area contributed by atoms with Crippen LogP contribution in [0, 0.1) is 0 Å². The summed E-state index contributed by atoms with van der Waals surface area (Å²) in [5.41, 5.74) is 1.74. The maximum atomic E-state index is 6.05. The number of rotatable bonds is 1. The molecule has 0 radical (unpaired) electrons. The zero-order chi connectivity index (χ0) is 10.3. The average molecular weight is 211 g/mol. The van der Waals surface area contributed by atoms with Gasteiger partial charge in [-0.1, -0.05) is 11.6 Å². The van der Waals surface area contributed by atoms with Crippen LogP contribution in [0.5, 0.6) is 0 Å². The van der Waals surface area contributed by atoms with E-state index in [2.05, 4.69) is 9.97 Å². The molecule has 0 saturated heterocycles. The summed E-state index contributed by atoms with van der Waals surface area (Å²) in [5, 5.41) is 0.492. The van der Waals surface area contributed by atoms with Crippen LogP contribution in [0.1, 0.15) is 0 Å². The second-order valence-corrected chi connectivity index (χ2v) is 3.73. The number of fused-ring (bicyclic) bond motifs is 1. The number of aryl methyl sites for hydroxylation is 1. The molecule has 2 aromatic heterocycles. The van der Waals surface area contributed by atoms with E-state index in [0.717, 1.165) is 11.0 Å². The fourth-order valence-electron chi connectivity index (χ4n) is 1.33. The summed E-state index contributed by atoms with van der Waals surface area (Å²) in [4.78, 5) is 10.4. The molecule has 0 atom stereocenters. The topological polar surface area (TPSA) is 34.0 Å². The van der Waals surface area contributed by atoms with Gasteiger partial charge in [0.1, 0.15) is 5.52 Å². The Morgan fingerprint density at radius 2 is 2.07 bits per heavy atom. The first-order valence-electron chi connectivity index (χ1n) is 4.25. The van der Waals surface area contributed by atoms with E-state index in [9.17, 15) is 0 Å². The van der Waals surface area contributed by atoms with Crippen LogP contribution in [0.2, 0.25) is 5.15 Å². The lowest BCUT2D eigenvalue weighted by Crippen LogP contribution is -2.12. The van der Waals surface area contributed by atoms with Crippen molar-refractivity contribution in [3.63, 3.8) is 0 Å². The molecule has 0 unspecified atom stereocenters. The minimum absolute atomic E-state index is 0.492. The Balaban J connectivity index is 2.74. The first-order chi connectivity index (χ1) is 6.59. The molecular weight excluding hydrogens is 200 g/mol. The maximum Gasteiger partial charge on any atom is 0.226 e. The second-order valence-electron chi connectivity index (χ2n) is 3.37. The third-order valence-electron chi connectivity index (χ3n) is 2.07.